The van der Waals surface area contributed by atoms with E-state index in [1.54, 1.807) is 0 Å². The van der Waals surface area contributed by atoms with Crippen molar-refractivity contribution in [3.63, 3.8) is 0 Å². The molecule has 0 saturated heterocycles. The fraction of sp³-hybridized carbons (Fsp3) is 0.611. The summed E-state index contributed by atoms with van der Waals surface area (Å²) >= 11 is 0. The maximum Gasteiger partial charge on any atom is 0.227 e. The smallest absolute Gasteiger partial charge is 0.227 e. The molecular weight excluding hydrogens is 312 g/mol. The number of rotatable bonds is 6. The van der Waals surface area contributed by atoms with Crippen molar-refractivity contribution in [2.24, 2.45) is 23.5 Å². The Kier molecular flexibility index (Phi) is 8.42. The van der Waals surface area contributed by atoms with Gasteiger partial charge < -0.3 is 15.8 Å². The van der Waals surface area contributed by atoms with Crippen molar-refractivity contribution in [2.45, 2.75) is 39.5 Å². The fourth-order valence-electron chi connectivity index (χ4n) is 3.10. The molecule has 0 atom stereocenters. The van der Waals surface area contributed by atoms with Gasteiger partial charge in [0, 0.05) is 18.2 Å². The van der Waals surface area contributed by atoms with Gasteiger partial charge in [0.05, 0.1) is 0 Å². The third-order valence-electron chi connectivity index (χ3n) is 4.59. The van der Waals surface area contributed by atoms with Crippen molar-refractivity contribution < 1.29 is 9.53 Å². The lowest BCUT2D eigenvalue weighted by molar-refractivity contribution is -0.121. The summed E-state index contributed by atoms with van der Waals surface area (Å²) in [7, 11) is 0. The lowest BCUT2D eigenvalue weighted by atomic mass is 9.76. The zero-order valence-corrected chi connectivity index (χ0v) is 14.9. The SMILES string of the molecule is CC(C)C1CCC(C(=O)Nc2ccc(OCCN)cc2)CC1.Cl. The molecule has 23 heavy (non-hydrogen) atoms. The van der Waals surface area contributed by atoms with Gasteiger partial charge in [-0.3, -0.25) is 4.79 Å². The van der Waals surface area contributed by atoms with Gasteiger partial charge in [0.2, 0.25) is 5.91 Å². The number of nitrogens with one attached hydrogen (secondary N) is 1. The third-order valence-corrected chi connectivity index (χ3v) is 4.59. The Morgan fingerprint density at radius 1 is 1.22 bits per heavy atom. The molecule has 1 fully saturated rings. The second-order valence-electron chi connectivity index (χ2n) is 6.51. The quantitative estimate of drug-likeness (QED) is 0.826. The van der Waals surface area contributed by atoms with Crippen molar-refractivity contribution in [3.05, 3.63) is 24.3 Å². The van der Waals surface area contributed by atoms with Gasteiger partial charge in [0.25, 0.3) is 0 Å². The van der Waals surface area contributed by atoms with E-state index < -0.39 is 0 Å². The molecule has 1 aromatic carbocycles. The molecule has 0 aromatic heterocycles. The highest BCUT2D eigenvalue weighted by molar-refractivity contribution is 5.92. The van der Waals surface area contributed by atoms with Crippen LogP contribution in [0.1, 0.15) is 39.5 Å². The zero-order chi connectivity index (χ0) is 15.9. The Bertz CT molecular complexity index is 468. The van der Waals surface area contributed by atoms with Crippen molar-refractivity contribution in [2.75, 3.05) is 18.5 Å². The van der Waals surface area contributed by atoms with Crippen LogP contribution in [0.3, 0.4) is 0 Å². The van der Waals surface area contributed by atoms with Crippen molar-refractivity contribution in [1.82, 2.24) is 0 Å². The number of carbonyl (C=O) groups is 1. The van der Waals surface area contributed by atoms with Gasteiger partial charge in [-0.25, -0.2) is 0 Å². The van der Waals surface area contributed by atoms with Gasteiger partial charge in [-0.05, 0) is 61.8 Å². The number of hydrogen-bond acceptors (Lipinski definition) is 3. The molecular formula is C18H29ClN2O2. The predicted octanol–water partition coefficient (Wildman–Crippen LogP) is 3.85. The van der Waals surface area contributed by atoms with Crippen LogP contribution in [-0.4, -0.2) is 19.1 Å². The second-order valence-corrected chi connectivity index (χ2v) is 6.51. The molecule has 1 amide bonds. The molecule has 4 nitrogen and oxygen atoms in total. The average Bonchev–Trinajstić information content (AvgIpc) is 2.54. The van der Waals surface area contributed by atoms with Gasteiger partial charge in [-0.15, -0.1) is 12.4 Å². The predicted molar refractivity (Wildman–Crippen MR) is 97.2 cm³/mol. The molecule has 0 heterocycles. The van der Waals surface area contributed by atoms with Crippen molar-refractivity contribution in [1.29, 1.82) is 0 Å². The van der Waals surface area contributed by atoms with Crippen LogP contribution in [0.2, 0.25) is 0 Å². The van der Waals surface area contributed by atoms with Crippen LogP contribution < -0.4 is 15.8 Å². The van der Waals surface area contributed by atoms with Crippen LogP contribution in [0, 0.1) is 17.8 Å². The standard InChI is InChI=1S/C18H28N2O2.ClH/c1-13(2)14-3-5-15(6-4-14)18(21)20-16-7-9-17(10-8-16)22-12-11-19;/h7-10,13-15H,3-6,11-12,19H2,1-2H3,(H,20,21);1H. The van der Waals surface area contributed by atoms with E-state index >= 15 is 0 Å². The number of anilines is 1. The summed E-state index contributed by atoms with van der Waals surface area (Å²) in [5.74, 6) is 2.59. The number of amides is 1. The van der Waals surface area contributed by atoms with Gasteiger partial charge in [0.15, 0.2) is 0 Å². The highest BCUT2D eigenvalue weighted by Gasteiger charge is 2.27. The molecule has 0 radical (unpaired) electrons. The first-order chi connectivity index (χ1) is 10.6. The summed E-state index contributed by atoms with van der Waals surface area (Å²) < 4.78 is 5.43. The van der Waals surface area contributed by atoms with E-state index in [2.05, 4.69) is 19.2 Å². The molecule has 130 valence electrons. The van der Waals surface area contributed by atoms with E-state index in [1.165, 1.54) is 12.8 Å². The highest BCUT2D eigenvalue weighted by atomic mass is 35.5. The van der Waals surface area contributed by atoms with Crippen LogP contribution in [0.25, 0.3) is 0 Å². The molecule has 1 aromatic rings. The lowest BCUT2D eigenvalue weighted by Crippen LogP contribution is -2.28. The highest BCUT2D eigenvalue weighted by Crippen LogP contribution is 2.33. The van der Waals surface area contributed by atoms with Crippen LogP contribution in [0.15, 0.2) is 24.3 Å². The molecule has 3 N–H and O–H groups in total. The third kappa shape index (κ3) is 6.04. The van der Waals surface area contributed by atoms with E-state index in [0.717, 1.165) is 36.1 Å². The summed E-state index contributed by atoms with van der Waals surface area (Å²) in [6.07, 6.45) is 4.35. The number of nitrogens with two attached hydrogens (primary N) is 1. The number of ether oxygens (including phenoxy) is 1. The van der Waals surface area contributed by atoms with Crippen LogP contribution in [-0.2, 0) is 4.79 Å². The minimum absolute atomic E-state index is 0. The monoisotopic (exact) mass is 340 g/mol. The van der Waals surface area contributed by atoms with E-state index in [0.29, 0.717) is 13.2 Å². The van der Waals surface area contributed by atoms with Crippen LogP contribution in [0.5, 0.6) is 5.75 Å². The van der Waals surface area contributed by atoms with Gasteiger partial charge in [-0.1, -0.05) is 13.8 Å². The second kappa shape index (κ2) is 9.78. The first kappa shape index (κ1) is 19.8. The summed E-state index contributed by atoms with van der Waals surface area (Å²) in [4.78, 5) is 12.3. The molecule has 5 heteroatoms. The molecule has 1 aliphatic rings. The number of carbonyl (C=O) groups excluding carboxylic acids is 1. The minimum atomic E-state index is 0. The molecule has 0 unspecified atom stereocenters. The Balaban J connectivity index is 0.00000264. The van der Waals surface area contributed by atoms with Crippen molar-refractivity contribution in [3.8, 4) is 5.75 Å². The largest absolute Gasteiger partial charge is 0.492 e. The van der Waals surface area contributed by atoms with Crippen LogP contribution in [0.4, 0.5) is 5.69 Å². The normalized spacial score (nSPS) is 20.7. The Morgan fingerprint density at radius 3 is 2.35 bits per heavy atom. The summed E-state index contributed by atoms with van der Waals surface area (Å²) in [5.41, 5.74) is 6.23. The van der Waals surface area contributed by atoms with E-state index in [9.17, 15) is 4.79 Å². The molecule has 0 bridgehead atoms. The Hall–Kier alpha value is -1.26. The van der Waals surface area contributed by atoms with Crippen LogP contribution >= 0.6 is 12.4 Å². The van der Waals surface area contributed by atoms with Crippen molar-refractivity contribution >= 4 is 24.0 Å². The van der Waals surface area contributed by atoms with E-state index in [-0.39, 0.29) is 24.2 Å². The molecule has 1 aliphatic carbocycles. The molecule has 2 rings (SSSR count). The fourth-order valence-corrected chi connectivity index (χ4v) is 3.10. The minimum Gasteiger partial charge on any atom is -0.492 e. The maximum atomic E-state index is 12.3. The zero-order valence-electron chi connectivity index (χ0n) is 14.1. The summed E-state index contributed by atoms with van der Waals surface area (Å²) in [6, 6.07) is 7.48. The molecule has 0 aliphatic heterocycles. The van der Waals surface area contributed by atoms with Gasteiger partial charge >= 0.3 is 0 Å². The summed E-state index contributed by atoms with van der Waals surface area (Å²) in [5, 5.41) is 3.02. The molecule has 1 saturated carbocycles. The van der Waals surface area contributed by atoms with Gasteiger partial charge in [0.1, 0.15) is 12.4 Å². The first-order valence-electron chi connectivity index (χ1n) is 8.34. The number of halogens is 1. The van der Waals surface area contributed by atoms with Gasteiger partial charge in [-0.2, -0.15) is 0 Å². The van der Waals surface area contributed by atoms with E-state index in [4.69, 9.17) is 10.5 Å². The molecule has 0 spiro atoms. The first-order valence-corrected chi connectivity index (χ1v) is 8.34. The maximum absolute atomic E-state index is 12.3. The summed E-state index contributed by atoms with van der Waals surface area (Å²) in [6.45, 7) is 5.56. The number of hydrogen-bond donors (Lipinski definition) is 2. The Labute approximate surface area is 145 Å². The average molecular weight is 341 g/mol. The Morgan fingerprint density at radius 2 is 1.83 bits per heavy atom. The lowest BCUT2D eigenvalue weighted by Gasteiger charge is -2.30. The van der Waals surface area contributed by atoms with E-state index in [1.807, 2.05) is 24.3 Å². The number of benzene rings is 1. The topological polar surface area (TPSA) is 64.3 Å².